The summed E-state index contributed by atoms with van der Waals surface area (Å²) in [4.78, 5) is 12.0. The SMILES string of the molecule is CCOC(=O)C(NC(C)CC)C1CCOCC1. The minimum absolute atomic E-state index is 0.111. The molecular formula is C13H25NO3. The van der Waals surface area contributed by atoms with Crippen molar-refractivity contribution >= 4 is 5.97 Å². The van der Waals surface area contributed by atoms with Gasteiger partial charge in [-0.3, -0.25) is 4.79 Å². The third-order valence-electron chi connectivity index (χ3n) is 3.35. The second-order valence-electron chi connectivity index (χ2n) is 4.66. The summed E-state index contributed by atoms with van der Waals surface area (Å²) in [6.45, 7) is 8.02. The maximum Gasteiger partial charge on any atom is 0.323 e. The smallest absolute Gasteiger partial charge is 0.323 e. The molecule has 2 unspecified atom stereocenters. The van der Waals surface area contributed by atoms with Gasteiger partial charge in [-0.2, -0.15) is 0 Å². The van der Waals surface area contributed by atoms with Crippen molar-refractivity contribution in [1.29, 1.82) is 0 Å². The predicted molar refractivity (Wildman–Crippen MR) is 66.9 cm³/mol. The Labute approximate surface area is 104 Å². The summed E-state index contributed by atoms with van der Waals surface area (Å²) >= 11 is 0. The molecule has 4 nitrogen and oxygen atoms in total. The summed E-state index contributed by atoms with van der Waals surface area (Å²) in [5, 5.41) is 3.39. The molecule has 0 bridgehead atoms. The number of rotatable bonds is 6. The van der Waals surface area contributed by atoms with Gasteiger partial charge in [0.25, 0.3) is 0 Å². The van der Waals surface area contributed by atoms with Gasteiger partial charge in [0, 0.05) is 19.3 Å². The summed E-state index contributed by atoms with van der Waals surface area (Å²) < 4.78 is 10.5. The molecule has 0 aromatic carbocycles. The minimum atomic E-state index is -0.172. The van der Waals surface area contributed by atoms with Crippen LogP contribution in [0.4, 0.5) is 0 Å². The predicted octanol–water partition coefficient (Wildman–Crippen LogP) is 1.73. The highest BCUT2D eigenvalue weighted by molar-refractivity contribution is 5.76. The number of carbonyl (C=O) groups is 1. The first-order valence-corrected chi connectivity index (χ1v) is 6.69. The third kappa shape index (κ3) is 4.64. The number of hydrogen-bond acceptors (Lipinski definition) is 4. The van der Waals surface area contributed by atoms with Crippen LogP contribution in [0.1, 0.15) is 40.0 Å². The van der Waals surface area contributed by atoms with Gasteiger partial charge in [-0.15, -0.1) is 0 Å². The average molecular weight is 243 g/mol. The first kappa shape index (κ1) is 14.5. The molecule has 1 aliphatic rings. The van der Waals surface area contributed by atoms with E-state index in [0.29, 0.717) is 18.6 Å². The molecule has 0 aromatic rings. The molecule has 0 saturated carbocycles. The lowest BCUT2D eigenvalue weighted by Gasteiger charge is -2.31. The van der Waals surface area contributed by atoms with Crippen molar-refractivity contribution in [3.8, 4) is 0 Å². The second-order valence-corrected chi connectivity index (χ2v) is 4.66. The first-order chi connectivity index (χ1) is 8.19. The summed E-state index contributed by atoms with van der Waals surface area (Å²) in [5.74, 6) is 0.233. The highest BCUT2D eigenvalue weighted by Gasteiger charge is 2.31. The van der Waals surface area contributed by atoms with Gasteiger partial charge in [-0.05, 0) is 39.0 Å². The molecule has 0 radical (unpaired) electrons. The van der Waals surface area contributed by atoms with Gasteiger partial charge in [0.1, 0.15) is 6.04 Å². The Morgan fingerprint density at radius 1 is 1.41 bits per heavy atom. The zero-order chi connectivity index (χ0) is 12.7. The fraction of sp³-hybridized carbons (Fsp3) is 0.923. The van der Waals surface area contributed by atoms with Gasteiger partial charge in [0.05, 0.1) is 6.61 Å². The van der Waals surface area contributed by atoms with Crippen LogP contribution in [0.15, 0.2) is 0 Å². The standard InChI is InChI=1S/C13H25NO3/c1-4-10(3)14-12(13(15)17-5-2)11-6-8-16-9-7-11/h10-12,14H,4-9H2,1-3H3. The maximum absolute atomic E-state index is 12.0. The van der Waals surface area contributed by atoms with Crippen LogP contribution in [0.25, 0.3) is 0 Å². The Bertz CT molecular complexity index is 227. The quantitative estimate of drug-likeness (QED) is 0.722. The Kier molecular flexibility index (Phi) is 6.52. The van der Waals surface area contributed by atoms with Gasteiger partial charge < -0.3 is 14.8 Å². The van der Waals surface area contributed by atoms with E-state index in [1.165, 1.54) is 0 Å². The molecule has 1 N–H and O–H groups in total. The monoisotopic (exact) mass is 243 g/mol. The molecule has 17 heavy (non-hydrogen) atoms. The Hall–Kier alpha value is -0.610. The first-order valence-electron chi connectivity index (χ1n) is 6.69. The molecule has 1 heterocycles. The van der Waals surface area contributed by atoms with Gasteiger partial charge in [-0.1, -0.05) is 6.92 Å². The Balaban J connectivity index is 2.59. The van der Waals surface area contributed by atoms with E-state index in [1.807, 2.05) is 6.92 Å². The normalized spacial score (nSPS) is 20.9. The molecule has 0 aliphatic carbocycles. The van der Waals surface area contributed by atoms with Crippen LogP contribution < -0.4 is 5.32 Å². The van der Waals surface area contributed by atoms with Crippen molar-refractivity contribution in [1.82, 2.24) is 5.32 Å². The number of nitrogens with one attached hydrogen (secondary N) is 1. The molecule has 1 aliphatic heterocycles. The van der Waals surface area contributed by atoms with Crippen molar-refractivity contribution < 1.29 is 14.3 Å². The van der Waals surface area contributed by atoms with Crippen LogP contribution >= 0.6 is 0 Å². The van der Waals surface area contributed by atoms with Crippen LogP contribution in [0.3, 0.4) is 0 Å². The van der Waals surface area contributed by atoms with Gasteiger partial charge in [0.2, 0.25) is 0 Å². The maximum atomic E-state index is 12.0. The van der Waals surface area contributed by atoms with Crippen LogP contribution in [0.5, 0.6) is 0 Å². The van der Waals surface area contributed by atoms with Crippen LogP contribution in [-0.4, -0.2) is 37.9 Å². The fourth-order valence-corrected chi connectivity index (χ4v) is 2.10. The minimum Gasteiger partial charge on any atom is -0.465 e. The molecule has 4 heteroatoms. The average Bonchev–Trinajstić information content (AvgIpc) is 2.36. The van der Waals surface area contributed by atoms with E-state index in [0.717, 1.165) is 32.5 Å². The molecular weight excluding hydrogens is 218 g/mol. The highest BCUT2D eigenvalue weighted by Crippen LogP contribution is 2.20. The fourth-order valence-electron chi connectivity index (χ4n) is 2.10. The number of hydrogen-bond donors (Lipinski definition) is 1. The van der Waals surface area contributed by atoms with Crippen LogP contribution in [0, 0.1) is 5.92 Å². The molecule has 0 aromatic heterocycles. The van der Waals surface area contributed by atoms with Crippen LogP contribution in [0.2, 0.25) is 0 Å². The van der Waals surface area contributed by atoms with E-state index >= 15 is 0 Å². The molecule has 0 spiro atoms. The highest BCUT2D eigenvalue weighted by atomic mass is 16.5. The summed E-state index contributed by atoms with van der Waals surface area (Å²) in [5.41, 5.74) is 0. The van der Waals surface area contributed by atoms with E-state index in [4.69, 9.17) is 9.47 Å². The van der Waals surface area contributed by atoms with Crippen molar-refractivity contribution in [2.45, 2.75) is 52.1 Å². The zero-order valence-electron chi connectivity index (χ0n) is 11.2. The molecule has 2 atom stereocenters. The molecule has 100 valence electrons. The summed E-state index contributed by atoms with van der Waals surface area (Å²) in [6.07, 6.45) is 2.89. The number of esters is 1. The molecule has 1 rings (SSSR count). The van der Waals surface area contributed by atoms with E-state index in [1.54, 1.807) is 0 Å². The van der Waals surface area contributed by atoms with E-state index < -0.39 is 0 Å². The Morgan fingerprint density at radius 2 is 2.06 bits per heavy atom. The van der Waals surface area contributed by atoms with E-state index in [9.17, 15) is 4.79 Å². The summed E-state index contributed by atoms with van der Waals surface area (Å²) in [7, 11) is 0. The van der Waals surface area contributed by atoms with Crippen molar-refractivity contribution in [3.63, 3.8) is 0 Å². The molecule has 1 fully saturated rings. The van der Waals surface area contributed by atoms with E-state index in [2.05, 4.69) is 19.2 Å². The Morgan fingerprint density at radius 3 is 2.59 bits per heavy atom. The third-order valence-corrected chi connectivity index (χ3v) is 3.35. The summed E-state index contributed by atoms with van der Waals surface area (Å²) in [6, 6.07) is 0.168. The molecule has 0 amide bonds. The number of ether oxygens (including phenoxy) is 2. The zero-order valence-corrected chi connectivity index (χ0v) is 11.2. The lowest BCUT2D eigenvalue weighted by Crippen LogP contribution is -2.49. The van der Waals surface area contributed by atoms with Gasteiger partial charge >= 0.3 is 5.97 Å². The lowest BCUT2D eigenvalue weighted by atomic mass is 9.91. The van der Waals surface area contributed by atoms with Crippen molar-refractivity contribution in [2.24, 2.45) is 5.92 Å². The number of carbonyl (C=O) groups excluding carboxylic acids is 1. The van der Waals surface area contributed by atoms with Gasteiger partial charge in [-0.25, -0.2) is 0 Å². The second kappa shape index (κ2) is 7.67. The van der Waals surface area contributed by atoms with Crippen molar-refractivity contribution in [2.75, 3.05) is 19.8 Å². The molecule has 1 saturated heterocycles. The largest absolute Gasteiger partial charge is 0.465 e. The van der Waals surface area contributed by atoms with Crippen LogP contribution in [-0.2, 0) is 14.3 Å². The van der Waals surface area contributed by atoms with Gasteiger partial charge in [0.15, 0.2) is 0 Å². The topological polar surface area (TPSA) is 47.6 Å². The van der Waals surface area contributed by atoms with Crippen molar-refractivity contribution in [3.05, 3.63) is 0 Å². The van der Waals surface area contributed by atoms with E-state index in [-0.39, 0.29) is 12.0 Å². The lowest BCUT2D eigenvalue weighted by molar-refractivity contribution is -0.148.